The smallest absolute Gasteiger partial charge is 0.270 e. The van der Waals surface area contributed by atoms with Gasteiger partial charge >= 0.3 is 0 Å². The van der Waals surface area contributed by atoms with Crippen molar-refractivity contribution in [1.29, 1.82) is 0 Å². The zero-order valence-electron chi connectivity index (χ0n) is 15.7. The molecule has 2 aromatic rings. The van der Waals surface area contributed by atoms with Crippen LogP contribution in [0.1, 0.15) is 37.0 Å². The van der Waals surface area contributed by atoms with Crippen molar-refractivity contribution in [2.45, 2.75) is 31.6 Å². The normalized spacial score (nSPS) is 11.2. The number of nitro benzene ring substituents is 1. The van der Waals surface area contributed by atoms with Crippen molar-refractivity contribution in [3.63, 3.8) is 0 Å². The number of anilines is 1. The summed E-state index contributed by atoms with van der Waals surface area (Å²) >= 11 is 0. The summed E-state index contributed by atoms with van der Waals surface area (Å²) in [6, 6.07) is 10.8. The first-order chi connectivity index (χ1) is 13.2. The van der Waals surface area contributed by atoms with Gasteiger partial charge in [-0.1, -0.05) is 19.9 Å². The number of benzene rings is 2. The Bertz CT molecular complexity index is 940. The molecule has 0 spiro atoms. The molecule has 9 heteroatoms. The molecule has 0 atom stereocenters. The predicted octanol–water partition coefficient (Wildman–Crippen LogP) is 3.56. The number of nitrogens with zero attached hydrogens (tertiary/aromatic N) is 1. The largest absolute Gasteiger partial charge is 0.352 e. The van der Waals surface area contributed by atoms with Crippen molar-refractivity contribution in [3.05, 3.63) is 64.2 Å². The van der Waals surface area contributed by atoms with Gasteiger partial charge in [0.25, 0.3) is 21.6 Å². The molecular formula is C19H23N3O5S. The quantitative estimate of drug-likeness (QED) is 0.376. The fourth-order valence-corrected chi connectivity index (χ4v) is 3.58. The minimum atomic E-state index is -3.98. The summed E-state index contributed by atoms with van der Waals surface area (Å²) in [5.74, 6) is 0.354. The van der Waals surface area contributed by atoms with E-state index in [0.717, 1.165) is 18.9 Å². The van der Waals surface area contributed by atoms with Gasteiger partial charge in [-0.2, -0.15) is 0 Å². The Morgan fingerprint density at radius 3 is 2.43 bits per heavy atom. The van der Waals surface area contributed by atoms with Gasteiger partial charge in [0.2, 0.25) is 0 Å². The molecule has 0 aliphatic rings. The van der Waals surface area contributed by atoms with Crippen molar-refractivity contribution >= 4 is 27.3 Å². The molecular weight excluding hydrogens is 382 g/mol. The molecule has 0 heterocycles. The van der Waals surface area contributed by atoms with Gasteiger partial charge in [-0.3, -0.25) is 19.6 Å². The minimum absolute atomic E-state index is 0.214. The first kappa shape index (κ1) is 21.4. The van der Waals surface area contributed by atoms with Crippen LogP contribution >= 0.6 is 0 Å². The molecule has 2 rings (SSSR count). The third-order valence-corrected chi connectivity index (χ3v) is 5.36. The molecule has 0 saturated heterocycles. The molecule has 8 nitrogen and oxygen atoms in total. The number of hydrogen-bond acceptors (Lipinski definition) is 5. The van der Waals surface area contributed by atoms with Crippen molar-refractivity contribution < 1.29 is 18.1 Å². The summed E-state index contributed by atoms with van der Waals surface area (Å²) in [6.07, 6.45) is 1.92. The number of sulfonamides is 1. The lowest BCUT2D eigenvalue weighted by Crippen LogP contribution is -2.24. The Balaban J connectivity index is 2.02. The molecule has 0 fully saturated rings. The Kier molecular flexibility index (Phi) is 7.11. The lowest BCUT2D eigenvalue weighted by Gasteiger charge is -2.10. The number of carbonyl (C=O) groups is 1. The molecule has 0 unspecified atom stereocenters. The van der Waals surface area contributed by atoms with Crippen LogP contribution < -0.4 is 10.0 Å². The number of hydrogen-bond donors (Lipinski definition) is 2. The van der Waals surface area contributed by atoms with Crippen LogP contribution in [-0.2, 0) is 10.0 Å². The fraction of sp³-hybridized carbons (Fsp3) is 0.316. The van der Waals surface area contributed by atoms with E-state index in [0.29, 0.717) is 18.0 Å². The van der Waals surface area contributed by atoms with Crippen molar-refractivity contribution in [1.82, 2.24) is 5.32 Å². The van der Waals surface area contributed by atoms with Crippen LogP contribution in [0.3, 0.4) is 0 Å². The number of amides is 1. The number of carbonyl (C=O) groups excluding carboxylic acids is 1. The summed E-state index contributed by atoms with van der Waals surface area (Å²) < 4.78 is 27.2. The maximum atomic E-state index is 12.4. The van der Waals surface area contributed by atoms with Gasteiger partial charge in [0.05, 0.1) is 9.82 Å². The monoisotopic (exact) mass is 405 g/mol. The lowest BCUT2D eigenvalue weighted by molar-refractivity contribution is -0.385. The second-order valence-corrected chi connectivity index (χ2v) is 8.41. The van der Waals surface area contributed by atoms with E-state index in [2.05, 4.69) is 23.9 Å². The summed E-state index contributed by atoms with van der Waals surface area (Å²) in [7, 11) is -3.98. The Labute approximate surface area is 164 Å². The highest BCUT2D eigenvalue weighted by Gasteiger charge is 2.18. The van der Waals surface area contributed by atoms with E-state index in [9.17, 15) is 23.3 Å². The highest BCUT2D eigenvalue weighted by Crippen LogP contribution is 2.20. The Morgan fingerprint density at radius 2 is 1.82 bits per heavy atom. The van der Waals surface area contributed by atoms with E-state index >= 15 is 0 Å². The first-order valence-corrected chi connectivity index (χ1v) is 10.3. The number of nitrogens with one attached hydrogen (secondary N) is 2. The molecule has 0 aliphatic heterocycles. The standard InChI is InChI=1S/C19H23N3O5S/c1-14(2)5-4-12-20-19(23)15-8-10-16(11-9-15)21-28(26,27)18-7-3-6-17(13-18)22(24)25/h3,6-11,13-14,21H,4-5,12H2,1-2H3,(H,20,23). The predicted molar refractivity (Wildman–Crippen MR) is 107 cm³/mol. The van der Waals surface area contributed by atoms with Crippen LogP contribution in [0.4, 0.5) is 11.4 Å². The topological polar surface area (TPSA) is 118 Å². The second-order valence-electron chi connectivity index (χ2n) is 6.73. The van der Waals surface area contributed by atoms with E-state index in [1.807, 2.05) is 0 Å². The maximum Gasteiger partial charge on any atom is 0.270 e. The van der Waals surface area contributed by atoms with E-state index in [4.69, 9.17) is 0 Å². The number of rotatable bonds is 9. The van der Waals surface area contributed by atoms with Crippen LogP contribution in [0.5, 0.6) is 0 Å². The summed E-state index contributed by atoms with van der Waals surface area (Å²) in [4.78, 5) is 22.0. The molecule has 0 aliphatic carbocycles. The highest BCUT2D eigenvalue weighted by molar-refractivity contribution is 7.92. The molecule has 150 valence electrons. The minimum Gasteiger partial charge on any atom is -0.352 e. The maximum absolute atomic E-state index is 12.4. The molecule has 28 heavy (non-hydrogen) atoms. The van der Waals surface area contributed by atoms with Crippen molar-refractivity contribution in [2.75, 3.05) is 11.3 Å². The van der Waals surface area contributed by atoms with Gasteiger partial charge in [0, 0.05) is 29.9 Å². The van der Waals surface area contributed by atoms with Crippen molar-refractivity contribution in [3.8, 4) is 0 Å². The van der Waals surface area contributed by atoms with Crippen LogP contribution in [-0.4, -0.2) is 25.8 Å². The summed E-state index contributed by atoms with van der Waals surface area (Å²) in [5.41, 5.74) is 0.359. The van der Waals surface area contributed by atoms with Crippen LogP contribution in [0.25, 0.3) is 0 Å². The zero-order valence-corrected chi connectivity index (χ0v) is 16.5. The summed E-state index contributed by atoms with van der Waals surface area (Å²) in [5, 5.41) is 13.6. The molecule has 0 radical (unpaired) electrons. The molecule has 0 aromatic heterocycles. The van der Waals surface area contributed by atoms with E-state index in [1.54, 1.807) is 0 Å². The van der Waals surface area contributed by atoms with Crippen LogP contribution in [0.2, 0.25) is 0 Å². The number of non-ortho nitro benzene ring substituents is 1. The van der Waals surface area contributed by atoms with E-state index < -0.39 is 14.9 Å². The van der Waals surface area contributed by atoms with Crippen LogP contribution in [0.15, 0.2) is 53.4 Å². The lowest BCUT2D eigenvalue weighted by atomic mass is 10.1. The Hall–Kier alpha value is -2.94. The molecule has 0 bridgehead atoms. The SMILES string of the molecule is CC(C)CCCNC(=O)c1ccc(NS(=O)(=O)c2cccc([N+](=O)[O-])c2)cc1. The average Bonchev–Trinajstić information content (AvgIpc) is 2.65. The van der Waals surface area contributed by atoms with Gasteiger partial charge in [0.1, 0.15) is 0 Å². The van der Waals surface area contributed by atoms with Crippen molar-refractivity contribution in [2.24, 2.45) is 5.92 Å². The van der Waals surface area contributed by atoms with Gasteiger partial charge < -0.3 is 5.32 Å². The zero-order chi connectivity index (χ0) is 20.7. The van der Waals surface area contributed by atoms with Crippen LogP contribution in [0, 0.1) is 16.0 Å². The average molecular weight is 405 g/mol. The third kappa shape index (κ3) is 6.05. The first-order valence-electron chi connectivity index (χ1n) is 8.84. The van der Waals surface area contributed by atoms with Gasteiger partial charge in [-0.05, 0) is 49.1 Å². The van der Waals surface area contributed by atoms with Gasteiger partial charge in [0.15, 0.2) is 0 Å². The fourth-order valence-electron chi connectivity index (χ4n) is 2.48. The molecule has 2 N–H and O–H groups in total. The van der Waals surface area contributed by atoms with Gasteiger partial charge in [-0.25, -0.2) is 8.42 Å². The highest BCUT2D eigenvalue weighted by atomic mass is 32.2. The van der Waals surface area contributed by atoms with Gasteiger partial charge in [-0.15, -0.1) is 0 Å². The number of nitro groups is 1. The van der Waals surface area contributed by atoms with E-state index in [1.165, 1.54) is 42.5 Å². The Morgan fingerprint density at radius 1 is 1.14 bits per heavy atom. The summed E-state index contributed by atoms with van der Waals surface area (Å²) in [6.45, 7) is 4.82. The second kappa shape index (κ2) is 9.32. The van der Waals surface area contributed by atoms with E-state index in [-0.39, 0.29) is 22.2 Å². The third-order valence-electron chi connectivity index (χ3n) is 3.98. The molecule has 0 saturated carbocycles. The molecule has 2 aromatic carbocycles. The molecule has 1 amide bonds.